The lowest BCUT2D eigenvalue weighted by Gasteiger charge is -2.03. The zero-order valence-corrected chi connectivity index (χ0v) is 6.74. The van der Waals surface area contributed by atoms with E-state index < -0.39 is 0 Å². The first kappa shape index (κ1) is 6.60. The third kappa shape index (κ3) is 0.731. The van der Waals surface area contributed by atoms with Gasteiger partial charge in [0.25, 0.3) is 0 Å². The molecule has 3 nitrogen and oxygen atoms in total. The Morgan fingerprint density at radius 2 is 2.23 bits per heavy atom. The number of aromatic amines is 1. The number of carbonyl (C=O) groups is 1. The minimum Gasteiger partial charge on any atom is -0.357 e. The van der Waals surface area contributed by atoms with E-state index in [1.165, 1.54) is 0 Å². The number of nitrogens with one attached hydrogen (secondary N) is 1. The highest BCUT2D eigenvalue weighted by Gasteiger charge is 2.16. The van der Waals surface area contributed by atoms with E-state index in [1.807, 2.05) is 12.3 Å². The maximum Gasteiger partial charge on any atom is 0.202 e. The van der Waals surface area contributed by atoms with Crippen molar-refractivity contribution in [1.29, 1.82) is 0 Å². The van der Waals surface area contributed by atoms with Crippen LogP contribution < -0.4 is 0 Å². The lowest BCUT2D eigenvalue weighted by Crippen LogP contribution is -2.00. The van der Waals surface area contributed by atoms with Gasteiger partial charge in [-0.2, -0.15) is 0 Å². The van der Waals surface area contributed by atoms with Crippen molar-refractivity contribution in [3.8, 4) is 0 Å². The van der Waals surface area contributed by atoms with Gasteiger partial charge in [-0.25, -0.2) is 0 Å². The molecule has 2 heterocycles. The Balaban J connectivity index is 2.58. The number of hydrogen-bond donors (Lipinski definition) is 1. The van der Waals surface area contributed by atoms with E-state index in [0.717, 1.165) is 16.5 Å². The minimum atomic E-state index is 0.0236. The summed E-state index contributed by atoms with van der Waals surface area (Å²) in [6.45, 7) is 0. The van der Waals surface area contributed by atoms with Crippen LogP contribution in [0.2, 0.25) is 0 Å². The van der Waals surface area contributed by atoms with Crippen LogP contribution in [0.15, 0.2) is 24.5 Å². The van der Waals surface area contributed by atoms with Gasteiger partial charge in [-0.05, 0) is 18.2 Å². The largest absolute Gasteiger partial charge is 0.357 e. The summed E-state index contributed by atoms with van der Waals surface area (Å²) >= 11 is 0. The fourth-order valence-electron chi connectivity index (χ4n) is 1.67. The van der Waals surface area contributed by atoms with Crippen molar-refractivity contribution in [1.82, 2.24) is 9.97 Å². The number of nitrogens with zero attached hydrogens (tertiary/aromatic N) is 1. The summed E-state index contributed by atoms with van der Waals surface area (Å²) in [7, 11) is 0. The number of H-pyrrole nitrogens is 1. The van der Waals surface area contributed by atoms with Gasteiger partial charge in [0.1, 0.15) is 0 Å². The molecular weight excluding hydrogens is 164 g/mol. The molecule has 0 fully saturated rings. The zero-order chi connectivity index (χ0) is 8.84. The quantitative estimate of drug-likeness (QED) is 0.654. The molecular formula is C10H6N2O. The summed E-state index contributed by atoms with van der Waals surface area (Å²) in [5.41, 5.74) is 1.52. The summed E-state index contributed by atoms with van der Waals surface area (Å²) in [4.78, 5) is 18.5. The second-order valence-electron chi connectivity index (χ2n) is 3.02. The SMILES string of the molecule is O=C1C=Cc2nccc3c[nH]c1c23. The molecule has 0 saturated heterocycles. The summed E-state index contributed by atoms with van der Waals surface area (Å²) < 4.78 is 0. The standard InChI is InChI=1S/C10H6N2O/c13-8-2-1-7-9-6(3-4-11-7)5-12-10(8)9/h1-5,12H. The highest BCUT2D eigenvalue weighted by atomic mass is 16.1. The molecule has 0 atom stereocenters. The topological polar surface area (TPSA) is 45.8 Å². The molecule has 1 aliphatic carbocycles. The van der Waals surface area contributed by atoms with Gasteiger partial charge in [0.05, 0.1) is 11.4 Å². The fourth-order valence-corrected chi connectivity index (χ4v) is 1.67. The molecule has 0 amide bonds. The highest BCUT2D eigenvalue weighted by molar-refractivity contribution is 6.18. The van der Waals surface area contributed by atoms with E-state index in [2.05, 4.69) is 9.97 Å². The molecule has 0 bridgehead atoms. The molecule has 1 N–H and O–H groups in total. The van der Waals surface area contributed by atoms with Gasteiger partial charge in [0.15, 0.2) is 0 Å². The molecule has 0 unspecified atom stereocenters. The molecule has 13 heavy (non-hydrogen) atoms. The monoisotopic (exact) mass is 170 g/mol. The Morgan fingerprint density at radius 1 is 1.31 bits per heavy atom. The van der Waals surface area contributed by atoms with Crippen molar-refractivity contribution in [2.45, 2.75) is 0 Å². The number of rotatable bonds is 0. The minimum absolute atomic E-state index is 0.0236. The van der Waals surface area contributed by atoms with Gasteiger partial charge in [-0.15, -0.1) is 0 Å². The van der Waals surface area contributed by atoms with Crippen LogP contribution in [0.5, 0.6) is 0 Å². The molecule has 3 heteroatoms. The van der Waals surface area contributed by atoms with Crippen LogP contribution in [-0.2, 0) is 0 Å². The molecule has 0 aliphatic heterocycles. The van der Waals surface area contributed by atoms with Crippen molar-refractivity contribution in [3.05, 3.63) is 35.9 Å². The van der Waals surface area contributed by atoms with Crippen molar-refractivity contribution in [3.63, 3.8) is 0 Å². The van der Waals surface area contributed by atoms with Gasteiger partial charge in [0, 0.05) is 23.2 Å². The van der Waals surface area contributed by atoms with Crippen LogP contribution in [0.25, 0.3) is 16.8 Å². The second-order valence-corrected chi connectivity index (χ2v) is 3.02. The maximum atomic E-state index is 11.4. The van der Waals surface area contributed by atoms with Crippen LogP contribution in [0, 0.1) is 0 Å². The maximum absolute atomic E-state index is 11.4. The van der Waals surface area contributed by atoms with Gasteiger partial charge in [-0.3, -0.25) is 9.78 Å². The van der Waals surface area contributed by atoms with Crippen molar-refractivity contribution in [2.24, 2.45) is 0 Å². The highest BCUT2D eigenvalue weighted by Crippen LogP contribution is 2.25. The van der Waals surface area contributed by atoms with E-state index in [1.54, 1.807) is 18.3 Å². The van der Waals surface area contributed by atoms with E-state index in [9.17, 15) is 4.79 Å². The van der Waals surface area contributed by atoms with E-state index in [4.69, 9.17) is 0 Å². The molecule has 3 rings (SSSR count). The zero-order valence-electron chi connectivity index (χ0n) is 6.74. The van der Waals surface area contributed by atoms with Crippen molar-refractivity contribution >= 4 is 22.6 Å². The predicted molar refractivity (Wildman–Crippen MR) is 49.5 cm³/mol. The van der Waals surface area contributed by atoms with Crippen LogP contribution in [-0.4, -0.2) is 15.8 Å². The molecule has 2 aromatic rings. The molecule has 62 valence electrons. The average molecular weight is 170 g/mol. The lowest BCUT2D eigenvalue weighted by molar-refractivity contribution is 0.104. The Hall–Kier alpha value is -1.90. The molecule has 0 aromatic carbocycles. The van der Waals surface area contributed by atoms with Crippen LogP contribution in [0.3, 0.4) is 0 Å². The summed E-state index contributed by atoms with van der Waals surface area (Å²) in [6.07, 6.45) is 6.88. The molecule has 1 aliphatic rings. The number of allylic oxidation sites excluding steroid dienone is 1. The average Bonchev–Trinajstić information content (AvgIpc) is 2.57. The first-order valence-corrected chi connectivity index (χ1v) is 4.05. The van der Waals surface area contributed by atoms with Gasteiger partial charge in [-0.1, -0.05) is 0 Å². The summed E-state index contributed by atoms with van der Waals surface area (Å²) in [5, 5.41) is 1.98. The molecule has 2 aromatic heterocycles. The number of carbonyl (C=O) groups excluding carboxylic acids is 1. The Labute approximate surface area is 74.1 Å². The van der Waals surface area contributed by atoms with Crippen LogP contribution in [0.4, 0.5) is 0 Å². The predicted octanol–water partition coefficient (Wildman–Crippen LogP) is 1.77. The third-order valence-corrected chi connectivity index (χ3v) is 2.27. The summed E-state index contributed by atoms with van der Waals surface area (Å²) in [5.74, 6) is 0.0236. The number of pyridine rings is 1. The fraction of sp³-hybridized carbons (Fsp3) is 0. The van der Waals surface area contributed by atoms with Gasteiger partial charge in [0.2, 0.25) is 5.78 Å². The molecule has 0 saturated carbocycles. The van der Waals surface area contributed by atoms with Crippen LogP contribution >= 0.6 is 0 Å². The van der Waals surface area contributed by atoms with Crippen molar-refractivity contribution < 1.29 is 4.79 Å². The second kappa shape index (κ2) is 2.07. The third-order valence-electron chi connectivity index (χ3n) is 2.27. The first-order valence-electron chi connectivity index (χ1n) is 4.05. The lowest BCUT2D eigenvalue weighted by atomic mass is 10.0. The van der Waals surface area contributed by atoms with E-state index in [-0.39, 0.29) is 5.78 Å². The number of ketones is 1. The van der Waals surface area contributed by atoms with Gasteiger partial charge >= 0.3 is 0 Å². The summed E-state index contributed by atoms with van der Waals surface area (Å²) in [6, 6.07) is 1.89. The van der Waals surface area contributed by atoms with Gasteiger partial charge < -0.3 is 4.98 Å². The van der Waals surface area contributed by atoms with E-state index in [0.29, 0.717) is 5.69 Å². The number of hydrogen-bond acceptors (Lipinski definition) is 2. The Kier molecular flexibility index (Phi) is 1.05. The van der Waals surface area contributed by atoms with E-state index >= 15 is 0 Å². The molecule has 0 radical (unpaired) electrons. The van der Waals surface area contributed by atoms with Crippen LogP contribution in [0.1, 0.15) is 16.2 Å². The number of aromatic nitrogens is 2. The molecule has 0 spiro atoms. The normalized spacial score (nSPS) is 14.0. The smallest absolute Gasteiger partial charge is 0.202 e. The first-order chi connectivity index (χ1) is 6.36. The Morgan fingerprint density at radius 3 is 3.15 bits per heavy atom. The van der Waals surface area contributed by atoms with Crippen molar-refractivity contribution in [2.75, 3.05) is 0 Å². The Bertz CT molecular complexity index is 537.